The van der Waals surface area contributed by atoms with Gasteiger partial charge in [0.2, 0.25) is 0 Å². The molecule has 0 saturated carbocycles. The van der Waals surface area contributed by atoms with E-state index in [1.165, 1.54) is 0 Å². The van der Waals surface area contributed by atoms with Crippen LogP contribution in [0.3, 0.4) is 0 Å². The molecule has 0 amide bonds. The van der Waals surface area contributed by atoms with Gasteiger partial charge in [0, 0.05) is 17.8 Å². The van der Waals surface area contributed by atoms with Crippen LogP contribution >= 0.6 is 0 Å². The van der Waals surface area contributed by atoms with Crippen molar-refractivity contribution in [1.29, 1.82) is 0 Å². The quantitative estimate of drug-likeness (QED) is 0.821. The van der Waals surface area contributed by atoms with Gasteiger partial charge < -0.3 is 5.73 Å². The van der Waals surface area contributed by atoms with Crippen molar-refractivity contribution in [3.63, 3.8) is 0 Å². The second kappa shape index (κ2) is 4.99. The third-order valence-electron chi connectivity index (χ3n) is 2.74. The molecule has 0 aliphatic carbocycles. The van der Waals surface area contributed by atoms with Crippen molar-refractivity contribution in [2.75, 3.05) is 5.73 Å². The van der Waals surface area contributed by atoms with Gasteiger partial charge in [-0.1, -0.05) is 31.2 Å². The molecule has 0 fully saturated rings. The summed E-state index contributed by atoms with van der Waals surface area (Å²) in [5.41, 5.74) is 8.60. The lowest BCUT2D eigenvalue weighted by molar-refractivity contribution is 0.481. The molecule has 2 aromatic rings. The van der Waals surface area contributed by atoms with Crippen LogP contribution in [-0.4, -0.2) is 15.0 Å². The topological polar surface area (TPSA) is 56.7 Å². The van der Waals surface area contributed by atoms with E-state index < -0.39 is 0 Å². The molecule has 90 valence electrons. The van der Waals surface area contributed by atoms with E-state index in [0.29, 0.717) is 5.92 Å². The summed E-state index contributed by atoms with van der Waals surface area (Å²) in [6, 6.07) is 7.80. The molecule has 0 aliphatic rings. The number of aromatic nitrogens is 3. The Morgan fingerprint density at radius 3 is 2.59 bits per heavy atom. The van der Waals surface area contributed by atoms with Crippen LogP contribution in [0.1, 0.15) is 20.3 Å². The first kappa shape index (κ1) is 11.6. The first-order valence-corrected chi connectivity index (χ1v) is 5.91. The summed E-state index contributed by atoms with van der Waals surface area (Å²) in [5.74, 6) is 0.665. The van der Waals surface area contributed by atoms with Gasteiger partial charge in [-0.15, -0.1) is 5.10 Å². The molecule has 2 rings (SSSR count). The summed E-state index contributed by atoms with van der Waals surface area (Å²) in [6.07, 6.45) is 2.90. The van der Waals surface area contributed by atoms with Crippen molar-refractivity contribution < 1.29 is 0 Å². The standard InChI is InChI=1S/C13H18N4/c1-10(2)7-8-17-13(9-15-16-17)11-3-5-12(14)6-4-11/h3-6,9-10H,7-8,14H2,1-2H3. The highest BCUT2D eigenvalue weighted by molar-refractivity contribution is 5.61. The number of nitrogen functional groups attached to an aromatic ring is 1. The fourth-order valence-electron chi connectivity index (χ4n) is 1.68. The van der Waals surface area contributed by atoms with Gasteiger partial charge in [-0.3, -0.25) is 0 Å². The molecule has 1 heterocycles. The molecule has 0 radical (unpaired) electrons. The van der Waals surface area contributed by atoms with Gasteiger partial charge in [0.25, 0.3) is 0 Å². The van der Waals surface area contributed by atoms with E-state index in [9.17, 15) is 0 Å². The maximum atomic E-state index is 5.68. The van der Waals surface area contributed by atoms with Gasteiger partial charge in [0.05, 0.1) is 11.9 Å². The zero-order chi connectivity index (χ0) is 12.3. The average Bonchev–Trinajstić information content (AvgIpc) is 2.75. The second-order valence-corrected chi connectivity index (χ2v) is 4.65. The molecule has 0 spiro atoms. The summed E-state index contributed by atoms with van der Waals surface area (Å²) < 4.78 is 1.95. The van der Waals surface area contributed by atoms with Crippen LogP contribution in [0.2, 0.25) is 0 Å². The highest BCUT2D eigenvalue weighted by Gasteiger charge is 2.06. The fraction of sp³-hybridized carbons (Fsp3) is 0.385. The summed E-state index contributed by atoms with van der Waals surface area (Å²) >= 11 is 0. The van der Waals surface area contributed by atoms with Gasteiger partial charge >= 0.3 is 0 Å². The molecule has 0 aliphatic heterocycles. The molecule has 17 heavy (non-hydrogen) atoms. The molecule has 1 aromatic carbocycles. The van der Waals surface area contributed by atoms with Crippen LogP contribution in [-0.2, 0) is 6.54 Å². The van der Waals surface area contributed by atoms with E-state index in [1.807, 2.05) is 28.9 Å². The van der Waals surface area contributed by atoms with Gasteiger partial charge in [-0.25, -0.2) is 4.68 Å². The normalized spacial score (nSPS) is 11.0. The Hall–Kier alpha value is -1.84. The van der Waals surface area contributed by atoms with Gasteiger partial charge in [0.1, 0.15) is 0 Å². The number of hydrogen-bond acceptors (Lipinski definition) is 3. The van der Waals surface area contributed by atoms with E-state index in [4.69, 9.17) is 5.73 Å². The number of nitrogens with two attached hydrogens (primary N) is 1. The van der Waals surface area contributed by atoms with Gasteiger partial charge in [0.15, 0.2) is 0 Å². The minimum absolute atomic E-state index is 0.665. The maximum Gasteiger partial charge on any atom is 0.0885 e. The van der Waals surface area contributed by atoms with Crippen LogP contribution in [0.4, 0.5) is 5.69 Å². The number of nitrogens with zero attached hydrogens (tertiary/aromatic N) is 3. The average molecular weight is 230 g/mol. The van der Waals surface area contributed by atoms with Crippen LogP contribution < -0.4 is 5.73 Å². The number of benzene rings is 1. The van der Waals surface area contributed by atoms with Crippen molar-refractivity contribution in [3.05, 3.63) is 30.5 Å². The minimum Gasteiger partial charge on any atom is -0.399 e. The maximum absolute atomic E-state index is 5.68. The predicted octanol–water partition coefficient (Wildman–Crippen LogP) is 2.57. The Balaban J connectivity index is 2.21. The lowest BCUT2D eigenvalue weighted by atomic mass is 10.1. The van der Waals surface area contributed by atoms with Crippen LogP contribution in [0.15, 0.2) is 30.5 Å². The minimum atomic E-state index is 0.665. The van der Waals surface area contributed by atoms with E-state index >= 15 is 0 Å². The predicted molar refractivity (Wildman–Crippen MR) is 69.3 cm³/mol. The molecule has 0 bridgehead atoms. The van der Waals surface area contributed by atoms with E-state index in [0.717, 1.165) is 29.9 Å². The monoisotopic (exact) mass is 230 g/mol. The first-order valence-electron chi connectivity index (χ1n) is 5.91. The molecule has 0 atom stereocenters. The van der Waals surface area contributed by atoms with Crippen LogP contribution in [0.5, 0.6) is 0 Å². The van der Waals surface area contributed by atoms with Crippen LogP contribution in [0.25, 0.3) is 11.3 Å². The van der Waals surface area contributed by atoms with E-state index in [-0.39, 0.29) is 0 Å². The number of anilines is 1. The molecule has 1 aromatic heterocycles. The molecule has 2 N–H and O–H groups in total. The SMILES string of the molecule is CC(C)CCn1nncc1-c1ccc(N)cc1. The Kier molecular flexibility index (Phi) is 3.42. The number of aryl methyl sites for hydroxylation is 1. The Labute approximate surface area is 101 Å². The molecule has 0 saturated heterocycles. The Bertz CT molecular complexity index is 470. The molecular weight excluding hydrogens is 212 g/mol. The Morgan fingerprint density at radius 1 is 1.24 bits per heavy atom. The summed E-state index contributed by atoms with van der Waals surface area (Å²) in [7, 11) is 0. The summed E-state index contributed by atoms with van der Waals surface area (Å²) in [6.45, 7) is 5.32. The zero-order valence-corrected chi connectivity index (χ0v) is 10.3. The third kappa shape index (κ3) is 2.84. The van der Waals surface area contributed by atoms with E-state index in [2.05, 4.69) is 24.2 Å². The van der Waals surface area contributed by atoms with E-state index in [1.54, 1.807) is 6.20 Å². The Morgan fingerprint density at radius 2 is 1.94 bits per heavy atom. The van der Waals surface area contributed by atoms with Crippen molar-refractivity contribution >= 4 is 5.69 Å². The zero-order valence-electron chi connectivity index (χ0n) is 10.3. The molecule has 4 nitrogen and oxygen atoms in total. The lowest BCUT2D eigenvalue weighted by Gasteiger charge is -2.08. The molecular formula is C13H18N4. The lowest BCUT2D eigenvalue weighted by Crippen LogP contribution is -2.05. The highest BCUT2D eigenvalue weighted by Crippen LogP contribution is 2.19. The second-order valence-electron chi connectivity index (χ2n) is 4.65. The van der Waals surface area contributed by atoms with Gasteiger partial charge in [-0.05, 0) is 24.5 Å². The van der Waals surface area contributed by atoms with Gasteiger partial charge in [-0.2, -0.15) is 0 Å². The van der Waals surface area contributed by atoms with Crippen molar-refractivity contribution in [2.45, 2.75) is 26.8 Å². The van der Waals surface area contributed by atoms with Crippen molar-refractivity contribution in [1.82, 2.24) is 15.0 Å². The molecule has 0 unspecified atom stereocenters. The third-order valence-corrected chi connectivity index (χ3v) is 2.74. The molecule has 4 heteroatoms. The highest BCUT2D eigenvalue weighted by atomic mass is 15.4. The summed E-state index contributed by atoms with van der Waals surface area (Å²) in [5, 5.41) is 8.10. The van der Waals surface area contributed by atoms with Crippen molar-refractivity contribution in [3.8, 4) is 11.3 Å². The number of hydrogen-bond donors (Lipinski definition) is 1. The van der Waals surface area contributed by atoms with Crippen LogP contribution in [0, 0.1) is 5.92 Å². The largest absolute Gasteiger partial charge is 0.399 e. The van der Waals surface area contributed by atoms with Crippen molar-refractivity contribution in [2.24, 2.45) is 5.92 Å². The smallest absolute Gasteiger partial charge is 0.0885 e. The first-order chi connectivity index (χ1) is 8.16. The summed E-state index contributed by atoms with van der Waals surface area (Å²) in [4.78, 5) is 0. The fourth-order valence-corrected chi connectivity index (χ4v) is 1.68. The number of rotatable bonds is 4.